The summed E-state index contributed by atoms with van der Waals surface area (Å²) in [7, 11) is 0. The zero-order valence-electron chi connectivity index (χ0n) is 15.8. The summed E-state index contributed by atoms with van der Waals surface area (Å²) in [5.74, 6) is 1.95. The molecule has 0 bridgehead atoms. The maximum atomic E-state index is 5.59. The molecule has 1 fully saturated rings. The van der Waals surface area contributed by atoms with Crippen LogP contribution in [0.2, 0.25) is 0 Å². The van der Waals surface area contributed by atoms with E-state index in [9.17, 15) is 0 Å². The van der Waals surface area contributed by atoms with Crippen molar-refractivity contribution in [3.05, 3.63) is 29.2 Å². The SMILES string of the molecule is CCOCc1nc2c(c(N3CC=CC3)n1)CCN(C1CCOCC1)CC2. The summed E-state index contributed by atoms with van der Waals surface area (Å²) in [5, 5.41) is 0. The highest BCUT2D eigenvalue weighted by Gasteiger charge is 2.27. The van der Waals surface area contributed by atoms with Gasteiger partial charge in [-0.2, -0.15) is 0 Å². The molecular formula is C20H30N4O2. The van der Waals surface area contributed by atoms with Crippen LogP contribution >= 0.6 is 0 Å². The summed E-state index contributed by atoms with van der Waals surface area (Å²) < 4.78 is 11.1. The molecule has 0 aromatic carbocycles. The highest BCUT2D eigenvalue weighted by atomic mass is 16.5. The third kappa shape index (κ3) is 3.92. The molecule has 3 aliphatic rings. The predicted octanol–water partition coefficient (Wildman–Crippen LogP) is 1.97. The Hall–Kier alpha value is -1.50. The maximum Gasteiger partial charge on any atom is 0.156 e. The van der Waals surface area contributed by atoms with E-state index in [2.05, 4.69) is 22.0 Å². The normalized spacial score (nSPS) is 21.8. The second kappa shape index (κ2) is 8.46. The van der Waals surface area contributed by atoms with Gasteiger partial charge in [0.15, 0.2) is 5.82 Å². The molecule has 1 aromatic heterocycles. The molecule has 3 aliphatic heterocycles. The molecule has 1 aromatic rings. The van der Waals surface area contributed by atoms with Gasteiger partial charge in [0.1, 0.15) is 12.4 Å². The first kappa shape index (κ1) is 17.9. The first-order valence-electron chi connectivity index (χ1n) is 10.0. The molecule has 4 rings (SSSR count). The second-order valence-corrected chi connectivity index (χ2v) is 7.28. The number of aromatic nitrogens is 2. The lowest BCUT2D eigenvalue weighted by molar-refractivity contribution is 0.0355. The number of fused-ring (bicyclic) bond motifs is 1. The Kier molecular flexibility index (Phi) is 5.82. The van der Waals surface area contributed by atoms with Crippen molar-refractivity contribution in [1.29, 1.82) is 0 Å². The van der Waals surface area contributed by atoms with Crippen molar-refractivity contribution < 1.29 is 9.47 Å². The molecule has 0 atom stereocenters. The number of hydrogen-bond donors (Lipinski definition) is 0. The molecular weight excluding hydrogens is 328 g/mol. The standard InChI is InChI=1S/C20H30N4O2/c1-2-25-15-19-21-18-6-12-23(16-7-13-26-14-8-16)11-5-17(18)20(22-19)24-9-3-4-10-24/h3-4,16H,2,5-15H2,1H3. The molecule has 6 heteroatoms. The Morgan fingerprint density at radius 2 is 1.88 bits per heavy atom. The molecule has 0 spiro atoms. The first-order valence-corrected chi connectivity index (χ1v) is 10.0. The van der Waals surface area contributed by atoms with Crippen molar-refractivity contribution in [1.82, 2.24) is 14.9 Å². The van der Waals surface area contributed by atoms with E-state index in [0.717, 1.165) is 76.7 Å². The molecule has 142 valence electrons. The van der Waals surface area contributed by atoms with E-state index in [4.69, 9.17) is 19.4 Å². The van der Waals surface area contributed by atoms with E-state index < -0.39 is 0 Å². The van der Waals surface area contributed by atoms with E-state index >= 15 is 0 Å². The molecule has 0 aliphatic carbocycles. The molecule has 26 heavy (non-hydrogen) atoms. The van der Waals surface area contributed by atoms with Crippen LogP contribution in [0.15, 0.2) is 12.2 Å². The van der Waals surface area contributed by atoms with Gasteiger partial charge in [-0.15, -0.1) is 0 Å². The summed E-state index contributed by atoms with van der Waals surface area (Å²) in [6, 6.07) is 0.658. The minimum absolute atomic E-state index is 0.502. The van der Waals surface area contributed by atoms with Crippen LogP contribution in [-0.2, 0) is 28.9 Å². The number of rotatable bonds is 5. The minimum Gasteiger partial charge on any atom is -0.381 e. The molecule has 1 saturated heterocycles. The Morgan fingerprint density at radius 3 is 2.65 bits per heavy atom. The molecule has 0 radical (unpaired) electrons. The van der Waals surface area contributed by atoms with Crippen LogP contribution in [-0.4, -0.2) is 66.9 Å². The van der Waals surface area contributed by atoms with Gasteiger partial charge >= 0.3 is 0 Å². The van der Waals surface area contributed by atoms with Gasteiger partial charge in [0, 0.05) is 64.0 Å². The van der Waals surface area contributed by atoms with Crippen molar-refractivity contribution >= 4 is 5.82 Å². The van der Waals surface area contributed by atoms with E-state index in [0.29, 0.717) is 19.3 Å². The number of ether oxygens (including phenoxy) is 2. The second-order valence-electron chi connectivity index (χ2n) is 7.28. The van der Waals surface area contributed by atoms with Crippen LogP contribution in [0, 0.1) is 0 Å². The summed E-state index contributed by atoms with van der Waals surface area (Å²) >= 11 is 0. The largest absolute Gasteiger partial charge is 0.381 e. The number of hydrogen-bond acceptors (Lipinski definition) is 6. The average Bonchev–Trinajstić information content (AvgIpc) is 3.13. The van der Waals surface area contributed by atoms with Crippen molar-refractivity contribution in [2.45, 2.75) is 45.3 Å². The third-order valence-corrected chi connectivity index (χ3v) is 5.66. The van der Waals surface area contributed by atoms with Crippen molar-refractivity contribution in [3.8, 4) is 0 Å². The maximum absolute atomic E-state index is 5.59. The molecule has 4 heterocycles. The predicted molar refractivity (Wildman–Crippen MR) is 102 cm³/mol. The van der Waals surface area contributed by atoms with Gasteiger partial charge in [-0.3, -0.25) is 4.90 Å². The fraction of sp³-hybridized carbons (Fsp3) is 0.700. The lowest BCUT2D eigenvalue weighted by atomic mass is 10.1. The summed E-state index contributed by atoms with van der Waals surface area (Å²) in [4.78, 5) is 14.8. The molecule has 0 unspecified atom stereocenters. The monoisotopic (exact) mass is 358 g/mol. The fourth-order valence-corrected chi connectivity index (χ4v) is 4.23. The van der Waals surface area contributed by atoms with Gasteiger partial charge in [0.2, 0.25) is 0 Å². The lowest BCUT2D eigenvalue weighted by Gasteiger charge is -2.33. The molecule has 0 N–H and O–H groups in total. The van der Waals surface area contributed by atoms with Gasteiger partial charge in [-0.05, 0) is 26.2 Å². The highest BCUT2D eigenvalue weighted by molar-refractivity contribution is 5.52. The smallest absolute Gasteiger partial charge is 0.156 e. The van der Waals surface area contributed by atoms with Gasteiger partial charge in [0.25, 0.3) is 0 Å². The third-order valence-electron chi connectivity index (χ3n) is 5.66. The quantitative estimate of drug-likeness (QED) is 0.750. The van der Waals surface area contributed by atoms with Crippen molar-refractivity contribution in [3.63, 3.8) is 0 Å². The Balaban J connectivity index is 1.57. The van der Waals surface area contributed by atoms with Crippen molar-refractivity contribution in [2.75, 3.05) is 50.9 Å². The minimum atomic E-state index is 0.502. The van der Waals surface area contributed by atoms with E-state index in [1.807, 2.05) is 6.92 Å². The summed E-state index contributed by atoms with van der Waals surface area (Å²) in [6.07, 6.45) is 8.79. The molecule has 0 saturated carbocycles. The Labute approximate surface area is 156 Å². The van der Waals surface area contributed by atoms with Gasteiger partial charge < -0.3 is 14.4 Å². The molecule has 0 amide bonds. The fourth-order valence-electron chi connectivity index (χ4n) is 4.23. The van der Waals surface area contributed by atoms with Gasteiger partial charge in [0.05, 0.1) is 5.69 Å². The van der Waals surface area contributed by atoms with Crippen LogP contribution in [0.25, 0.3) is 0 Å². The average molecular weight is 358 g/mol. The zero-order valence-corrected chi connectivity index (χ0v) is 15.8. The first-order chi connectivity index (χ1) is 12.8. The topological polar surface area (TPSA) is 50.7 Å². The Morgan fingerprint density at radius 1 is 1.12 bits per heavy atom. The highest BCUT2D eigenvalue weighted by Crippen LogP contribution is 2.28. The van der Waals surface area contributed by atoms with Crippen molar-refractivity contribution in [2.24, 2.45) is 0 Å². The van der Waals surface area contributed by atoms with Gasteiger partial charge in [-0.25, -0.2) is 9.97 Å². The van der Waals surface area contributed by atoms with E-state index in [1.165, 1.54) is 11.3 Å². The van der Waals surface area contributed by atoms with Crippen LogP contribution < -0.4 is 4.90 Å². The van der Waals surface area contributed by atoms with E-state index in [-0.39, 0.29) is 0 Å². The van der Waals surface area contributed by atoms with Crippen LogP contribution in [0.1, 0.15) is 36.8 Å². The summed E-state index contributed by atoms with van der Waals surface area (Å²) in [5.41, 5.74) is 2.58. The summed E-state index contributed by atoms with van der Waals surface area (Å²) in [6.45, 7) is 9.08. The molecule has 6 nitrogen and oxygen atoms in total. The van der Waals surface area contributed by atoms with Crippen LogP contribution in [0.5, 0.6) is 0 Å². The van der Waals surface area contributed by atoms with Gasteiger partial charge in [-0.1, -0.05) is 12.2 Å². The van der Waals surface area contributed by atoms with E-state index in [1.54, 1.807) is 0 Å². The lowest BCUT2D eigenvalue weighted by Crippen LogP contribution is -2.40. The van der Waals surface area contributed by atoms with Crippen LogP contribution in [0.3, 0.4) is 0 Å². The van der Waals surface area contributed by atoms with Crippen LogP contribution in [0.4, 0.5) is 5.82 Å². The number of nitrogens with zero attached hydrogens (tertiary/aromatic N) is 4. The number of anilines is 1. The Bertz CT molecular complexity index is 635. The zero-order chi connectivity index (χ0) is 17.8.